The fourth-order valence-electron chi connectivity index (χ4n) is 2.59. The van der Waals surface area contributed by atoms with Gasteiger partial charge in [-0.3, -0.25) is 10.1 Å². The van der Waals surface area contributed by atoms with E-state index in [1.54, 1.807) is 18.9 Å². The Kier molecular flexibility index (Phi) is 6.91. The maximum Gasteiger partial charge on any atom is 0.235 e. The Hall–Kier alpha value is -1.98. The Morgan fingerprint density at radius 3 is 2.36 bits per heavy atom. The number of benzene rings is 2. The van der Waals surface area contributed by atoms with Gasteiger partial charge in [-0.25, -0.2) is 0 Å². The average Bonchev–Trinajstić information content (AvgIpc) is 2.62. The number of methoxy groups -OCH3 is 1. The topological polar surface area (TPSA) is 64.3 Å². The maximum atomic E-state index is 11.9. The summed E-state index contributed by atoms with van der Waals surface area (Å²) in [5.41, 5.74) is 7.59. The van der Waals surface area contributed by atoms with Crippen LogP contribution in [0.4, 0.5) is 0 Å². The van der Waals surface area contributed by atoms with Crippen molar-refractivity contribution in [2.75, 3.05) is 12.9 Å². The van der Waals surface area contributed by atoms with Gasteiger partial charge in [-0.2, -0.15) is 11.8 Å². The van der Waals surface area contributed by atoms with Gasteiger partial charge in [0, 0.05) is 17.0 Å². The van der Waals surface area contributed by atoms with Crippen molar-refractivity contribution < 1.29 is 9.53 Å². The molecule has 5 heteroatoms. The monoisotopic (exact) mass is 358 g/mol. The lowest BCUT2D eigenvalue weighted by Crippen LogP contribution is -2.51. The molecule has 3 N–H and O–H groups in total. The van der Waals surface area contributed by atoms with Crippen molar-refractivity contribution in [1.82, 2.24) is 5.32 Å². The molecule has 0 saturated carbocycles. The average molecular weight is 359 g/mol. The van der Waals surface area contributed by atoms with Crippen LogP contribution in [0.5, 0.6) is 5.75 Å². The van der Waals surface area contributed by atoms with Crippen LogP contribution in [0.25, 0.3) is 0 Å². The molecular formula is C20H26N2O2S. The van der Waals surface area contributed by atoms with Crippen LogP contribution in [0.3, 0.4) is 0 Å². The van der Waals surface area contributed by atoms with Crippen molar-refractivity contribution in [2.45, 2.75) is 31.2 Å². The highest BCUT2D eigenvalue weighted by atomic mass is 32.2. The maximum absolute atomic E-state index is 11.9. The molecule has 0 aliphatic carbocycles. The fraction of sp³-hybridized carbons (Fsp3) is 0.350. The van der Waals surface area contributed by atoms with Crippen LogP contribution < -0.4 is 15.8 Å². The van der Waals surface area contributed by atoms with Crippen LogP contribution in [0.1, 0.15) is 25.0 Å². The molecule has 2 aromatic rings. The highest BCUT2D eigenvalue weighted by molar-refractivity contribution is 7.98. The lowest BCUT2D eigenvalue weighted by molar-refractivity contribution is -0.120. The summed E-state index contributed by atoms with van der Waals surface area (Å²) in [5, 5.41) is 3.40. The van der Waals surface area contributed by atoms with Crippen LogP contribution >= 0.6 is 11.8 Å². The van der Waals surface area contributed by atoms with Gasteiger partial charge in [0.2, 0.25) is 5.91 Å². The Balaban J connectivity index is 1.93. The van der Waals surface area contributed by atoms with Gasteiger partial charge < -0.3 is 10.5 Å². The van der Waals surface area contributed by atoms with E-state index in [1.807, 2.05) is 42.5 Å². The van der Waals surface area contributed by atoms with Crippen molar-refractivity contribution in [3.8, 4) is 5.75 Å². The van der Waals surface area contributed by atoms with Gasteiger partial charge in [-0.05, 0) is 37.1 Å². The molecule has 0 aliphatic rings. The number of hydrogen-bond acceptors (Lipinski definition) is 4. The molecule has 134 valence electrons. The summed E-state index contributed by atoms with van der Waals surface area (Å²) in [6.07, 6.45) is 0. The van der Waals surface area contributed by atoms with Gasteiger partial charge in [0.25, 0.3) is 0 Å². The highest BCUT2D eigenvalue weighted by Crippen LogP contribution is 2.22. The van der Waals surface area contributed by atoms with Crippen LogP contribution in [-0.4, -0.2) is 24.8 Å². The van der Waals surface area contributed by atoms with E-state index < -0.39 is 6.04 Å². The molecule has 4 nitrogen and oxygen atoms in total. The van der Waals surface area contributed by atoms with E-state index in [0.717, 1.165) is 17.1 Å². The molecular weight excluding hydrogens is 332 g/mol. The number of amides is 1. The van der Waals surface area contributed by atoms with Crippen LogP contribution in [0.2, 0.25) is 0 Å². The lowest BCUT2D eigenvalue weighted by Gasteiger charge is -2.31. The third kappa shape index (κ3) is 5.80. The Bertz CT molecular complexity index is 672. The van der Waals surface area contributed by atoms with E-state index in [1.165, 1.54) is 5.56 Å². The summed E-state index contributed by atoms with van der Waals surface area (Å²) >= 11 is 1.69. The number of primary amides is 1. The van der Waals surface area contributed by atoms with Crippen molar-refractivity contribution in [2.24, 2.45) is 5.73 Å². The predicted molar refractivity (Wildman–Crippen MR) is 105 cm³/mol. The van der Waals surface area contributed by atoms with E-state index in [2.05, 4.69) is 31.3 Å². The summed E-state index contributed by atoms with van der Waals surface area (Å²) < 4.78 is 5.16. The standard InChI is InChI=1S/C20H26N2O2S/c1-20(2,16-7-5-4-6-8-16)22-18(19(21)23)14-25-13-15-9-11-17(24-3)12-10-15/h4-12,18,22H,13-14H2,1-3H3,(H2,21,23)/t18-/m0/s1. The second-order valence-electron chi connectivity index (χ2n) is 6.45. The number of rotatable bonds is 9. The number of thioether (sulfide) groups is 1. The van der Waals surface area contributed by atoms with E-state index in [-0.39, 0.29) is 11.4 Å². The Morgan fingerprint density at radius 2 is 1.80 bits per heavy atom. The minimum atomic E-state index is -0.390. The molecule has 0 aliphatic heterocycles. The minimum Gasteiger partial charge on any atom is -0.497 e. The lowest BCUT2D eigenvalue weighted by atomic mass is 9.93. The first-order chi connectivity index (χ1) is 11.9. The molecule has 1 atom stereocenters. The third-order valence-corrected chi connectivity index (χ3v) is 5.19. The predicted octanol–water partition coefficient (Wildman–Crippen LogP) is 3.31. The fourth-order valence-corrected chi connectivity index (χ4v) is 3.61. The second kappa shape index (κ2) is 8.92. The van der Waals surface area contributed by atoms with Gasteiger partial charge in [-0.15, -0.1) is 0 Å². The summed E-state index contributed by atoms with van der Waals surface area (Å²) in [4.78, 5) is 11.9. The first kappa shape index (κ1) is 19.3. The highest BCUT2D eigenvalue weighted by Gasteiger charge is 2.26. The molecule has 0 heterocycles. The smallest absolute Gasteiger partial charge is 0.235 e. The quantitative estimate of drug-likeness (QED) is 0.722. The van der Waals surface area contributed by atoms with Gasteiger partial charge in [0.1, 0.15) is 5.75 Å². The molecule has 25 heavy (non-hydrogen) atoms. The first-order valence-electron chi connectivity index (χ1n) is 8.25. The molecule has 0 saturated heterocycles. The van der Waals surface area contributed by atoms with Crippen LogP contribution in [0.15, 0.2) is 54.6 Å². The summed E-state index contributed by atoms with van der Waals surface area (Å²) in [7, 11) is 1.65. The molecule has 0 aromatic heterocycles. The summed E-state index contributed by atoms with van der Waals surface area (Å²) in [6, 6.07) is 17.6. The number of hydrogen-bond donors (Lipinski definition) is 2. The molecule has 0 unspecified atom stereocenters. The Morgan fingerprint density at radius 1 is 1.16 bits per heavy atom. The van der Waals surface area contributed by atoms with E-state index in [4.69, 9.17) is 10.5 Å². The molecule has 2 rings (SSSR count). The SMILES string of the molecule is COc1ccc(CSC[C@H](NC(C)(C)c2ccccc2)C(N)=O)cc1. The molecule has 1 amide bonds. The zero-order valence-electron chi connectivity index (χ0n) is 15.0. The van der Waals surface area contributed by atoms with E-state index in [0.29, 0.717) is 5.75 Å². The van der Waals surface area contributed by atoms with Crippen LogP contribution in [-0.2, 0) is 16.1 Å². The second-order valence-corrected chi connectivity index (χ2v) is 7.48. The minimum absolute atomic E-state index is 0.328. The van der Waals surface area contributed by atoms with Crippen molar-refractivity contribution >= 4 is 17.7 Å². The van der Waals surface area contributed by atoms with Gasteiger partial charge in [0.15, 0.2) is 0 Å². The number of nitrogens with two attached hydrogens (primary N) is 1. The van der Waals surface area contributed by atoms with Gasteiger partial charge in [0.05, 0.1) is 13.2 Å². The zero-order chi connectivity index (χ0) is 18.3. The normalized spacial score (nSPS) is 12.6. The number of carbonyl (C=O) groups excluding carboxylic acids is 1. The third-order valence-electron chi connectivity index (χ3n) is 4.09. The zero-order valence-corrected chi connectivity index (χ0v) is 15.8. The van der Waals surface area contributed by atoms with Gasteiger partial charge >= 0.3 is 0 Å². The molecule has 2 aromatic carbocycles. The summed E-state index contributed by atoms with van der Waals surface area (Å²) in [6.45, 7) is 4.12. The number of nitrogens with one attached hydrogen (secondary N) is 1. The molecule has 0 spiro atoms. The van der Waals surface area contributed by atoms with E-state index in [9.17, 15) is 4.79 Å². The van der Waals surface area contributed by atoms with Crippen molar-refractivity contribution in [3.63, 3.8) is 0 Å². The first-order valence-corrected chi connectivity index (χ1v) is 9.41. The van der Waals surface area contributed by atoms with E-state index >= 15 is 0 Å². The Labute approximate surface area is 154 Å². The van der Waals surface area contributed by atoms with Crippen molar-refractivity contribution in [1.29, 1.82) is 0 Å². The number of carbonyl (C=O) groups is 1. The molecule has 0 bridgehead atoms. The van der Waals surface area contributed by atoms with Crippen LogP contribution in [0, 0.1) is 0 Å². The number of ether oxygens (including phenoxy) is 1. The largest absolute Gasteiger partial charge is 0.497 e. The van der Waals surface area contributed by atoms with Crippen molar-refractivity contribution in [3.05, 3.63) is 65.7 Å². The summed E-state index contributed by atoms with van der Waals surface area (Å²) in [5.74, 6) is 1.96. The molecule has 0 fully saturated rings. The van der Waals surface area contributed by atoms with Gasteiger partial charge in [-0.1, -0.05) is 42.5 Å². The molecule has 0 radical (unpaired) electrons.